The van der Waals surface area contributed by atoms with Crippen LogP contribution in [0, 0.1) is 5.92 Å². The van der Waals surface area contributed by atoms with Crippen molar-refractivity contribution in [1.82, 2.24) is 0 Å². The van der Waals surface area contributed by atoms with Crippen molar-refractivity contribution in [2.75, 3.05) is 27.4 Å². The maximum Gasteiger partial charge on any atom is 0.0701 e. The van der Waals surface area contributed by atoms with Crippen LogP contribution < -0.4 is 0 Å². The second-order valence-corrected chi connectivity index (χ2v) is 4.40. The standard InChI is InChI=1S/C15H22O2/c1-12(2)15(13-8-6-5-7-9-13)14(10-16-3)11-17-4/h5-9,12H,10-11H2,1-4H3. The molecule has 0 atom stereocenters. The molecule has 1 aromatic rings. The predicted molar refractivity (Wildman–Crippen MR) is 72.0 cm³/mol. The Morgan fingerprint density at radius 1 is 1.00 bits per heavy atom. The van der Waals surface area contributed by atoms with Gasteiger partial charge < -0.3 is 9.47 Å². The third kappa shape index (κ3) is 3.99. The van der Waals surface area contributed by atoms with Crippen LogP contribution in [0.25, 0.3) is 5.57 Å². The summed E-state index contributed by atoms with van der Waals surface area (Å²) >= 11 is 0. The van der Waals surface area contributed by atoms with E-state index >= 15 is 0 Å². The summed E-state index contributed by atoms with van der Waals surface area (Å²) in [6, 6.07) is 10.4. The molecule has 0 aliphatic rings. The average Bonchev–Trinajstić information content (AvgIpc) is 2.31. The normalized spacial score (nSPS) is 10.6. The van der Waals surface area contributed by atoms with Crippen molar-refractivity contribution in [2.45, 2.75) is 13.8 Å². The Morgan fingerprint density at radius 3 is 1.94 bits per heavy atom. The van der Waals surface area contributed by atoms with Crippen LogP contribution in [0.5, 0.6) is 0 Å². The topological polar surface area (TPSA) is 18.5 Å². The van der Waals surface area contributed by atoms with Gasteiger partial charge in [0.2, 0.25) is 0 Å². The summed E-state index contributed by atoms with van der Waals surface area (Å²) in [7, 11) is 3.44. The summed E-state index contributed by atoms with van der Waals surface area (Å²) in [5, 5.41) is 0. The Balaban J connectivity index is 3.16. The first-order valence-corrected chi connectivity index (χ1v) is 5.96. The second-order valence-electron chi connectivity index (χ2n) is 4.40. The molecule has 0 unspecified atom stereocenters. The number of methoxy groups -OCH3 is 2. The zero-order valence-electron chi connectivity index (χ0n) is 11.2. The van der Waals surface area contributed by atoms with Crippen molar-refractivity contribution in [1.29, 1.82) is 0 Å². The quantitative estimate of drug-likeness (QED) is 0.751. The predicted octanol–water partition coefficient (Wildman–Crippen LogP) is 3.39. The molecule has 94 valence electrons. The van der Waals surface area contributed by atoms with E-state index in [4.69, 9.17) is 9.47 Å². The molecule has 17 heavy (non-hydrogen) atoms. The third-order valence-electron chi connectivity index (χ3n) is 2.68. The first-order valence-electron chi connectivity index (χ1n) is 5.96. The molecule has 0 saturated heterocycles. The van der Waals surface area contributed by atoms with Crippen molar-refractivity contribution in [3.8, 4) is 0 Å². The van der Waals surface area contributed by atoms with E-state index in [1.807, 2.05) is 6.07 Å². The molecular weight excluding hydrogens is 212 g/mol. The highest BCUT2D eigenvalue weighted by molar-refractivity contribution is 5.70. The number of ether oxygens (including phenoxy) is 2. The highest BCUT2D eigenvalue weighted by atomic mass is 16.5. The van der Waals surface area contributed by atoms with Gasteiger partial charge in [0.1, 0.15) is 0 Å². The van der Waals surface area contributed by atoms with E-state index in [2.05, 4.69) is 38.1 Å². The van der Waals surface area contributed by atoms with E-state index in [1.54, 1.807) is 14.2 Å². The molecule has 0 aromatic heterocycles. The Labute approximate surface area is 104 Å². The lowest BCUT2D eigenvalue weighted by Gasteiger charge is -2.18. The zero-order chi connectivity index (χ0) is 12.7. The molecule has 0 bridgehead atoms. The van der Waals surface area contributed by atoms with Crippen molar-refractivity contribution < 1.29 is 9.47 Å². The fourth-order valence-corrected chi connectivity index (χ4v) is 2.11. The molecule has 0 amide bonds. The van der Waals surface area contributed by atoms with Crippen molar-refractivity contribution in [3.05, 3.63) is 41.5 Å². The molecule has 0 saturated carbocycles. The van der Waals surface area contributed by atoms with E-state index in [1.165, 1.54) is 16.7 Å². The molecule has 0 spiro atoms. The number of hydrogen-bond donors (Lipinski definition) is 0. The summed E-state index contributed by atoms with van der Waals surface area (Å²) < 4.78 is 10.5. The van der Waals surface area contributed by atoms with Crippen LogP contribution >= 0.6 is 0 Å². The molecule has 1 rings (SSSR count). The molecule has 0 aliphatic heterocycles. The maximum atomic E-state index is 5.27. The molecule has 0 radical (unpaired) electrons. The van der Waals surface area contributed by atoms with Crippen LogP contribution in [0.2, 0.25) is 0 Å². The molecule has 0 aliphatic carbocycles. The lowest BCUT2D eigenvalue weighted by Crippen LogP contribution is -2.09. The van der Waals surface area contributed by atoms with E-state index in [9.17, 15) is 0 Å². The van der Waals surface area contributed by atoms with E-state index < -0.39 is 0 Å². The van der Waals surface area contributed by atoms with Gasteiger partial charge in [0.05, 0.1) is 13.2 Å². The molecule has 2 heteroatoms. The second kappa shape index (κ2) is 7.25. The maximum absolute atomic E-state index is 5.27. The van der Waals surface area contributed by atoms with Gasteiger partial charge in [-0.25, -0.2) is 0 Å². The minimum atomic E-state index is 0.456. The van der Waals surface area contributed by atoms with Gasteiger partial charge in [-0.1, -0.05) is 44.2 Å². The fourth-order valence-electron chi connectivity index (χ4n) is 2.11. The molecule has 0 heterocycles. The summed E-state index contributed by atoms with van der Waals surface area (Å²) in [6.07, 6.45) is 0. The Hall–Kier alpha value is -1.12. The zero-order valence-corrected chi connectivity index (χ0v) is 11.2. The van der Waals surface area contributed by atoms with Crippen LogP contribution in [-0.4, -0.2) is 27.4 Å². The average molecular weight is 234 g/mol. The SMILES string of the molecule is COCC(COC)=C(c1ccccc1)C(C)C. The molecule has 0 fully saturated rings. The molecular formula is C15H22O2. The van der Waals surface area contributed by atoms with Gasteiger partial charge in [-0.2, -0.15) is 0 Å². The monoisotopic (exact) mass is 234 g/mol. The van der Waals surface area contributed by atoms with Crippen LogP contribution in [0.1, 0.15) is 19.4 Å². The lowest BCUT2D eigenvalue weighted by molar-refractivity contribution is 0.182. The van der Waals surface area contributed by atoms with Gasteiger partial charge in [0.25, 0.3) is 0 Å². The Bertz CT molecular complexity index is 344. The number of allylic oxidation sites excluding steroid dienone is 1. The number of hydrogen-bond acceptors (Lipinski definition) is 2. The van der Waals surface area contributed by atoms with Gasteiger partial charge >= 0.3 is 0 Å². The van der Waals surface area contributed by atoms with Crippen LogP contribution in [0.15, 0.2) is 35.9 Å². The summed E-state index contributed by atoms with van der Waals surface area (Å²) in [5.41, 5.74) is 3.80. The molecule has 2 nitrogen and oxygen atoms in total. The van der Waals surface area contributed by atoms with Gasteiger partial charge in [0, 0.05) is 14.2 Å². The summed E-state index contributed by atoms with van der Waals surface area (Å²) in [6.45, 7) is 5.65. The van der Waals surface area contributed by atoms with Gasteiger partial charge in [-0.15, -0.1) is 0 Å². The Morgan fingerprint density at radius 2 is 1.53 bits per heavy atom. The highest BCUT2D eigenvalue weighted by Crippen LogP contribution is 2.27. The fraction of sp³-hybridized carbons (Fsp3) is 0.467. The first-order chi connectivity index (χ1) is 8.20. The van der Waals surface area contributed by atoms with Gasteiger partial charge in [-0.3, -0.25) is 0 Å². The van der Waals surface area contributed by atoms with E-state index in [-0.39, 0.29) is 0 Å². The highest BCUT2D eigenvalue weighted by Gasteiger charge is 2.12. The third-order valence-corrected chi connectivity index (χ3v) is 2.68. The molecule has 1 aromatic carbocycles. The minimum absolute atomic E-state index is 0.456. The lowest BCUT2D eigenvalue weighted by atomic mass is 9.91. The summed E-state index contributed by atoms with van der Waals surface area (Å²) in [5.74, 6) is 0.456. The van der Waals surface area contributed by atoms with Gasteiger partial charge in [0.15, 0.2) is 0 Å². The smallest absolute Gasteiger partial charge is 0.0701 e. The molecule has 0 N–H and O–H groups in total. The van der Waals surface area contributed by atoms with Crippen LogP contribution in [0.3, 0.4) is 0 Å². The largest absolute Gasteiger partial charge is 0.380 e. The number of rotatable bonds is 6. The van der Waals surface area contributed by atoms with Crippen LogP contribution in [0.4, 0.5) is 0 Å². The van der Waals surface area contributed by atoms with Gasteiger partial charge in [-0.05, 0) is 22.6 Å². The van der Waals surface area contributed by atoms with Crippen molar-refractivity contribution in [2.24, 2.45) is 5.92 Å². The van der Waals surface area contributed by atoms with E-state index in [0.717, 1.165) is 0 Å². The van der Waals surface area contributed by atoms with Crippen LogP contribution in [-0.2, 0) is 9.47 Å². The van der Waals surface area contributed by atoms with Crippen molar-refractivity contribution in [3.63, 3.8) is 0 Å². The van der Waals surface area contributed by atoms with Crippen molar-refractivity contribution >= 4 is 5.57 Å². The first kappa shape index (κ1) is 13.9. The van der Waals surface area contributed by atoms with E-state index in [0.29, 0.717) is 19.1 Å². The summed E-state index contributed by atoms with van der Waals surface area (Å²) in [4.78, 5) is 0. The number of benzene rings is 1. The minimum Gasteiger partial charge on any atom is -0.380 e. The Kier molecular flexibility index (Phi) is 5.95.